The van der Waals surface area contributed by atoms with Crippen LogP contribution in [-0.4, -0.2) is 34.1 Å². The van der Waals surface area contributed by atoms with E-state index >= 15 is 0 Å². The molecular formula is C27H23Cl2F3N2O5S. The Balaban J connectivity index is 2.04. The first-order valence-electron chi connectivity index (χ1n) is 11.7. The topological polar surface area (TPSA) is 98.5 Å². The van der Waals surface area contributed by atoms with E-state index < -0.39 is 45.2 Å². The molecule has 0 aliphatic rings. The zero-order valence-corrected chi connectivity index (χ0v) is 23.9. The first-order chi connectivity index (χ1) is 18.4. The highest BCUT2D eigenvalue weighted by Gasteiger charge is 2.36. The number of aliphatic hydroxyl groups is 1. The van der Waals surface area contributed by atoms with Crippen molar-refractivity contribution >= 4 is 50.2 Å². The second-order valence-corrected chi connectivity index (χ2v) is 12.5. The molecule has 0 bridgehead atoms. The van der Waals surface area contributed by atoms with E-state index in [0.717, 1.165) is 6.07 Å². The molecule has 0 radical (unpaired) electrons. The maximum atomic E-state index is 13.8. The lowest BCUT2D eigenvalue weighted by molar-refractivity contribution is -0.141. The van der Waals surface area contributed by atoms with Crippen molar-refractivity contribution in [3.8, 4) is 0 Å². The van der Waals surface area contributed by atoms with Gasteiger partial charge in [-0.05, 0) is 69.7 Å². The number of esters is 1. The maximum absolute atomic E-state index is 13.8. The quantitative estimate of drug-likeness (QED) is 0.244. The average molecular weight is 615 g/mol. The van der Waals surface area contributed by atoms with Crippen LogP contribution in [0, 0.1) is 6.92 Å². The SMILES string of the molecule is Cc1cc(C(F)(F)F)nc2c1cc(C(O)c1c(Cl)ccc(C(=O)OC(C)(C)C)c1Cl)n2S(=O)(=O)c1ccccc1. The summed E-state index contributed by atoms with van der Waals surface area (Å²) in [5.41, 5.74) is -3.48. The predicted molar refractivity (Wildman–Crippen MR) is 144 cm³/mol. The summed E-state index contributed by atoms with van der Waals surface area (Å²) in [4.78, 5) is 16.2. The smallest absolute Gasteiger partial charge is 0.433 e. The molecule has 1 N–H and O–H groups in total. The van der Waals surface area contributed by atoms with Crippen molar-refractivity contribution in [2.75, 3.05) is 0 Å². The van der Waals surface area contributed by atoms with Gasteiger partial charge in [-0.3, -0.25) is 0 Å². The second-order valence-electron chi connectivity index (χ2n) is 9.94. The monoisotopic (exact) mass is 614 g/mol. The molecule has 0 saturated carbocycles. The van der Waals surface area contributed by atoms with Gasteiger partial charge < -0.3 is 9.84 Å². The Bertz CT molecular complexity index is 1730. The normalized spacial score (nSPS) is 13.4. The number of hydrogen-bond acceptors (Lipinski definition) is 6. The number of fused-ring (bicyclic) bond motifs is 1. The molecule has 0 amide bonds. The summed E-state index contributed by atoms with van der Waals surface area (Å²) >= 11 is 12.9. The van der Waals surface area contributed by atoms with E-state index in [-0.39, 0.29) is 42.7 Å². The van der Waals surface area contributed by atoms with Crippen LogP contribution in [-0.2, 0) is 20.9 Å². The third-order valence-electron chi connectivity index (χ3n) is 5.84. The Morgan fingerprint density at radius 1 is 1.05 bits per heavy atom. The van der Waals surface area contributed by atoms with Crippen molar-refractivity contribution in [3.63, 3.8) is 0 Å². The van der Waals surface area contributed by atoms with Crippen LogP contribution < -0.4 is 0 Å². The Hall–Kier alpha value is -3.12. The van der Waals surface area contributed by atoms with Crippen LogP contribution in [0.5, 0.6) is 0 Å². The Labute approximate surface area is 238 Å². The van der Waals surface area contributed by atoms with Crippen LogP contribution in [0.4, 0.5) is 13.2 Å². The highest BCUT2D eigenvalue weighted by molar-refractivity contribution is 7.90. The van der Waals surface area contributed by atoms with Crippen LogP contribution in [0.25, 0.3) is 11.0 Å². The summed E-state index contributed by atoms with van der Waals surface area (Å²) in [7, 11) is -4.61. The summed E-state index contributed by atoms with van der Waals surface area (Å²) in [6.07, 6.45) is -6.79. The van der Waals surface area contributed by atoms with Gasteiger partial charge in [0.25, 0.3) is 10.0 Å². The number of carbonyl (C=O) groups is 1. The first kappa shape index (κ1) is 29.9. The number of aromatic nitrogens is 2. The van der Waals surface area contributed by atoms with E-state index in [2.05, 4.69) is 4.98 Å². The summed E-state index contributed by atoms with van der Waals surface area (Å²) in [5.74, 6) is -0.826. The lowest BCUT2D eigenvalue weighted by Crippen LogP contribution is -2.24. The number of aliphatic hydroxyl groups excluding tert-OH is 1. The van der Waals surface area contributed by atoms with Gasteiger partial charge in [0, 0.05) is 16.0 Å². The van der Waals surface area contributed by atoms with Gasteiger partial charge in [0.05, 0.1) is 21.2 Å². The van der Waals surface area contributed by atoms with E-state index in [9.17, 15) is 31.5 Å². The minimum Gasteiger partial charge on any atom is -0.456 e. The number of rotatable bonds is 5. The molecule has 4 aromatic rings. The van der Waals surface area contributed by atoms with Crippen molar-refractivity contribution in [1.82, 2.24) is 8.96 Å². The lowest BCUT2D eigenvalue weighted by atomic mass is 10.0. The van der Waals surface area contributed by atoms with E-state index in [1.165, 1.54) is 49.4 Å². The van der Waals surface area contributed by atoms with Crippen LogP contribution in [0.3, 0.4) is 0 Å². The zero-order chi connectivity index (χ0) is 29.8. The Morgan fingerprint density at radius 3 is 2.25 bits per heavy atom. The molecule has 212 valence electrons. The van der Waals surface area contributed by atoms with Gasteiger partial charge in [-0.2, -0.15) is 13.2 Å². The minimum atomic E-state index is -4.88. The van der Waals surface area contributed by atoms with Gasteiger partial charge in [0.1, 0.15) is 17.4 Å². The van der Waals surface area contributed by atoms with Crippen LogP contribution >= 0.6 is 23.2 Å². The van der Waals surface area contributed by atoms with Crippen molar-refractivity contribution in [2.24, 2.45) is 0 Å². The zero-order valence-electron chi connectivity index (χ0n) is 21.5. The van der Waals surface area contributed by atoms with Crippen molar-refractivity contribution < 1.29 is 36.2 Å². The molecule has 0 aliphatic carbocycles. The average Bonchev–Trinajstić information content (AvgIpc) is 3.24. The number of carbonyl (C=O) groups excluding carboxylic acids is 1. The third kappa shape index (κ3) is 5.56. The first-order valence-corrected chi connectivity index (χ1v) is 13.9. The molecule has 40 heavy (non-hydrogen) atoms. The molecule has 1 atom stereocenters. The maximum Gasteiger partial charge on any atom is 0.433 e. The van der Waals surface area contributed by atoms with E-state index in [1.807, 2.05) is 0 Å². The number of pyridine rings is 1. The largest absolute Gasteiger partial charge is 0.456 e. The molecule has 7 nitrogen and oxygen atoms in total. The predicted octanol–water partition coefficient (Wildman–Crippen LogP) is 6.94. The van der Waals surface area contributed by atoms with Gasteiger partial charge >= 0.3 is 12.1 Å². The van der Waals surface area contributed by atoms with Gasteiger partial charge in [-0.1, -0.05) is 41.4 Å². The number of benzene rings is 2. The molecule has 1 unspecified atom stereocenters. The van der Waals surface area contributed by atoms with Gasteiger partial charge in [0.15, 0.2) is 5.65 Å². The molecular weight excluding hydrogens is 592 g/mol. The highest BCUT2D eigenvalue weighted by Crippen LogP contribution is 2.41. The van der Waals surface area contributed by atoms with E-state index in [1.54, 1.807) is 26.8 Å². The fourth-order valence-electron chi connectivity index (χ4n) is 4.07. The summed E-state index contributed by atoms with van der Waals surface area (Å²) < 4.78 is 74.6. The summed E-state index contributed by atoms with van der Waals surface area (Å²) in [6, 6.07) is 11.5. The van der Waals surface area contributed by atoms with Crippen molar-refractivity contribution in [3.05, 3.63) is 92.7 Å². The van der Waals surface area contributed by atoms with E-state index in [0.29, 0.717) is 3.97 Å². The molecule has 0 spiro atoms. The molecule has 2 aromatic carbocycles. The molecule has 2 heterocycles. The Morgan fingerprint density at radius 2 is 1.68 bits per heavy atom. The van der Waals surface area contributed by atoms with Gasteiger partial charge in [0.2, 0.25) is 0 Å². The highest BCUT2D eigenvalue weighted by atomic mass is 35.5. The van der Waals surface area contributed by atoms with Crippen molar-refractivity contribution in [1.29, 1.82) is 0 Å². The van der Waals surface area contributed by atoms with E-state index in [4.69, 9.17) is 27.9 Å². The van der Waals surface area contributed by atoms with Gasteiger partial charge in [-0.25, -0.2) is 22.2 Å². The number of nitrogens with zero attached hydrogens (tertiary/aromatic N) is 2. The third-order valence-corrected chi connectivity index (χ3v) is 8.30. The van der Waals surface area contributed by atoms with Crippen LogP contribution in [0.15, 0.2) is 59.5 Å². The van der Waals surface area contributed by atoms with Crippen LogP contribution in [0.1, 0.15) is 59.7 Å². The Kier molecular flexibility index (Phi) is 7.74. The molecule has 0 fully saturated rings. The van der Waals surface area contributed by atoms with Crippen LogP contribution in [0.2, 0.25) is 10.0 Å². The van der Waals surface area contributed by atoms with Gasteiger partial charge in [-0.15, -0.1) is 0 Å². The standard InChI is InChI=1S/C27H23Cl2F3N2O5S/c1-14-12-20(27(30,31)32)33-24-17(14)13-19(34(24)40(37,38)15-8-6-5-7-9-15)23(35)21-18(28)11-10-16(22(21)29)25(36)39-26(2,3)4/h5-13,23,35H,1-4H3. The number of halogens is 5. The molecule has 2 aromatic heterocycles. The molecule has 0 aliphatic heterocycles. The van der Waals surface area contributed by atoms with Crippen molar-refractivity contribution in [2.45, 2.75) is 50.5 Å². The number of aryl methyl sites for hydroxylation is 1. The fourth-order valence-corrected chi connectivity index (χ4v) is 6.24. The lowest BCUT2D eigenvalue weighted by Gasteiger charge is -2.22. The summed E-state index contributed by atoms with van der Waals surface area (Å²) in [5, 5.41) is 11.1. The minimum absolute atomic E-state index is 0.0390. The number of ether oxygens (including phenoxy) is 1. The molecule has 13 heteroatoms. The molecule has 4 rings (SSSR count). The second kappa shape index (κ2) is 10.4. The number of alkyl halides is 3. The fraction of sp³-hybridized carbons (Fsp3) is 0.259. The molecule has 0 saturated heterocycles. The summed E-state index contributed by atoms with van der Waals surface area (Å²) in [6.45, 7) is 6.28. The number of hydrogen-bond donors (Lipinski definition) is 1.